The van der Waals surface area contributed by atoms with Gasteiger partial charge in [-0.15, -0.1) is 0 Å². The molecule has 0 saturated carbocycles. The minimum atomic E-state index is 0.0489. The first-order chi connectivity index (χ1) is 11.2. The molecule has 4 heterocycles. The van der Waals surface area contributed by atoms with E-state index in [-0.39, 0.29) is 5.56 Å². The van der Waals surface area contributed by atoms with Crippen LogP contribution in [-0.2, 0) is 13.0 Å². The highest BCUT2D eigenvalue weighted by Crippen LogP contribution is 2.35. The van der Waals surface area contributed by atoms with E-state index in [0.29, 0.717) is 11.9 Å². The third kappa shape index (κ3) is 1.77. The Morgan fingerprint density at radius 1 is 1.13 bits per heavy atom. The highest BCUT2D eigenvalue weighted by molar-refractivity contribution is 14.1. The third-order valence-electron chi connectivity index (χ3n) is 4.64. The van der Waals surface area contributed by atoms with Crippen LogP contribution >= 0.6 is 22.6 Å². The fourth-order valence-corrected chi connectivity index (χ4v) is 4.17. The lowest BCUT2D eigenvalue weighted by molar-refractivity contribution is 0.665. The maximum Gasteiger partial charge on any atom is 0.260 e. The normalized spacial score (nSPS) is 13.3. The van der Waals surface area contributed by atoms with E-state index in [1.165, 1.54) is 10.9 Å². The van der Waals surface area contributed by atoms with Crippen molar-refractivity contribution < 1.29 is 0 Å². The summed E-state index contributed by atoms with van der Waals surface area (Å²) < 4.78 is 2.88. The van der Waals surface area contributed by atoms with Gasteiger partial charge in [0.05, 0.1) is 16.8 Å². The molecule has 0 fully saturated rings. The highest BCUT2D eigenvalue weighted by atomic mass is 127. The van der Waals surface area contributed by atoms with Crippen molar-refractivity contribution in [3.63, 3.8) is 0 Å². The Balaban J connectivity index is 1.94. The van der Waals surface area contributed by atoms with Gasteiger partial charge in [-0.05, 0) is 46.7 Å². The van der Waals surface area contributed by atoms with Crippen molar-refractivity contribution in [1.82, 2.24) is 14.5 Å². The van der Waals surface area contributed by atoms with Gasteiger partial charge in [-0.25, -0.2) is 0 Å². The Hall–Kier alpha value is -2.15. The lowest BCUT2D eigenvalue weighted by Crippen LogP contribution is -2.26. The van der Waals surface area contributed by atoms with Crippen molar-refractivity contribution in [2.45, 2.75) is 13.0 Å². The molecule has 4 aromatic rings. The van der Waals surface area contributed by atoms with Crippen molar-refractivity contribution in [3.8, 4) is 11.4 Å². The average Bonchev–Trinajstić information content (AvgIpc) is 2.95. The molecule has 1 N–H and O–H groups in total. The van der Waals surface area contributed by atoms with Crippen LogP contribution in [0.3, 0.4) is 0 Å². The predicted octanol–water partition coefficient (Wildman–Crippen LogP) is 3.71. The Morgan fingerprint density at radius 2 is 2.00 bits per heavy atom. The van der Waals surface area contributed by atoms with E-state index >= 15 is 0 Å². The van der Waals surface area contributed by atoms with E-state index in [9.17, 15) is 4.79 Å². The molecular formula is C18H12IN3O. The molecule has 0 atom stereocenters. The van der Waals surface area contributed by atoms with Crippen molar-refractivity contribution in [2.24, 2.45) is 0 Å². The van der Waals surface area contributed by atoms with Gasteiger partial charge in [0, 0.05) is 38.8 Å². The minimum Gasteiger partial charge on any atom is -0.353 e. The molecule has 0 saturated heterocycles. The zero-order chi connectivity index (χ0) is 15.6. The van der Waals surface area contributed by atoms with Gasteiger partial charge in [0.2, 0.25) is 0 Å². The topological polar surface area (TPSA) is 50.7 Å². The summed E-state index contributed by atoms with van der Waals surface area (Å²) in [5.41, 5.74) is 4.53. The number of hydrogen-bond acceptors (Lipinski definition) is 2. The van der Waals surface area contributed by atoms with Crippen molar-refractivity contribution in [3.05, 3.63) is 62.2 Å². The first-order valence-electron chi connectivity index (χ1n) is 7.51. The van der Waals surface area contributed by atoms with E-state index < -0.39 is 0 Å². The zero-order valence-corrected chi connectivity index (χ0v) is 14.3. The molecule has 1 aromatic carbocycles. The number of aromatic amines is 1. The molecule has 5 heteroatoms. The van der Waals surface area contributed by atoms with Gasteiger partial charge in [0.25, 0.3) is 5.56 Å². The molecule has 3 aromatic heterocycles. The van der Waals surface area contributed by atoms with E-state index in [2.05, 4.69) is 56.8 Å². The van der Waals surface area contributed by atoms with Crippen LogP contribution in [0.2, 0.25) is 0 Å². The first kappa shape index (κ1) is 13.3. The second-order valence-electron chi connectivity index (χ2n) is 5.84. The predicted molar refractivity (Wildman–Crippen MR) is 99.7 cm³/mol. The summed E-state index contributed by atoms with van der Waals surface area (Å²) in [5.74, 6) is 0. The summed E-state index contributed by atoms with van der Waals surface area (Å²) in [6.07, 6.45) is 4.34. The quantitative estimate of drug-likeness (QED) is 0.447. The molecule has 0 radical (unpaired) electrons. The van der Waals surface area contributed by atoms with Gasteiger partial charge >= 0.3 is 0 Å². The number of benzene rings is 1. The number of H-pyrrole nitrogens is 1. The summed E-state index contributed by atoms with van der Waals surface area (Å²) >= 11 is 2.24. The number of pyridine rings is 2. The summed E-state index contributed by atoms with van der Waals surface area (Å²) in [6, 6.07) is 10.4. The lowest BCUT2D eigenvalue weighted by Gasteiger charge is -2.20. The standard InChI is InChI=1S/C18H12IN3O/c19-14-9-20-8-13-12(14)7-16-17-11(5-6-22(16)18(13)23)10-3-1-2-4-15(10)21-17/h1-4,7-9,21H,5-6H2. The fraction of sp³-hybridized carbons (Fsp3) is 0.111. The van der Waals surface area contributed by atoms with Gasteiger partial charge in [0.1, 0.15) is 0 Å². The van der Waals surface area contributed by atoms with E-state index in [1.54, 1.807) is 12.4 Å². The molecule has 1 aliphatic rings. The largest absolute Gasteiger partial charge is 0.353 e. The fourth-order valence-electron chi connectivity index (χ4n) is 3.56. The molecule has 0 spiro atoms. The van der Waals surface area contributed by atoms with Gasteiger partial charge in [-0.2, -0.15) is 0 Å². The molecule has 0 bridgehead atoms. The van der Waals surface area contributed by atoms with Crippen LogP contribution in [0.1, 0.15) is 5.56 Å². The number of hydrogen-bond donors (Lipinski definition) is 1. The van der Waals surface area contributed by atoms with E-state index in [4.69, 9.17) is 0 Å². The van der Waals surface area contributed by atoms with Crippen LogP contribution in [0.5, 0.6) is 0 Å². The number of halogens is 1. The first-order valence-corrected chi connectivity index (χ1v) is 8.59. The number of aryl methyl sites for hydroxylation is 1. The number of aromatic nitrogens is 3. The maximum atomic E-state index is 12.9. The highest BCUT2D eigenvalue weighted by Gasteiger charge is 2.22. The smallest absolute Gasteiger partial charge is 0.260 e. The molecule has 5 rings (SSSR count). The second-order valence-corrected chi connectivity index (χ2v) is 7.01. The Morgan fingerprint density at radius 3 is 2.91 bits per heavy atom. The summed E-state index contributed by atoms with van der Waals surface area (Å²) in [6.45, 7) is 0.713. The number of fused-ring (bicyclic) bond motifs is 6. The van der Waals surface area contributed by atoms with Crippen LogP contribution in [-0.4, -0.2) is 14.5 Å². The number of nitrogens with zero attached hydrogens (tertiary/aromatic N) is 2. The maximum absolute atomic E-state index is 12.9. The summed E-state index contributed by atoms with van der Waals surface area (Å²) in [4.78, 5) is 20.5. The molecule has 0 unspecified atom stereocenters. The molecule has 0 aliphatic carbocycles. The van der Waals surface area contributed by atoms with Crippen LogP contribution in [0.15, 0.2) is 47.5 Å². The number of rotatable bonds is 0. The van der Waals surface area contributed by atoms with Crippen molar-refractivity contribution in [2.75, 3.05) is 0 Å². The minimum absolute atomic E-state index is 0.0489. The van der Waals surface area contributed by atoms with Gasteiger partial charge in [-0.3, -0.25) is 9.78 Å². The Kier molecular flexibility index (Phi) is 2.70. The van der Waals surface area contributed by atoms with Gasteiger partial charge in [-0.1, -0.05) is 18.2 Å². The zero-order valence-electron chi connectivity index (χ0n) is 12.1. The van der Waals surface area contributed by atoms with E-state index in [1.807, 2.05) is 10.6 Å². The molecule has 1 aliphatic heterocycles. The molecular weight excluding hydrogens is 401 g/mol. The summed E-state index contributed by atoms with van der Waals surface area (Å²) in [5, 5.41) is 2.93. The second kappa shape index (κ2) is 4.67. The van der Waals surface area contributed by atoms with Gasteiger partial charge in [0.15, 0.2) is 0 Å². The lowest BCUT2D eigenvalue weighted by atomic mass is 10.0. The van der Waals surface area contributed by atoms with Gasteiger partial charge < -0.3 is 9.55 Å². The Bertz CT molecular complexity index is 1160. The van der Waals surface area contributed by atoms with Crippen molar-refractivity contribution >= 4 is 44.3 Å². The third-order valence-corrected chi connectivity index (χ3v) is 5.50. The average molecular weight is 413 g/mol. The van der Waals surface area contributed by atoms with Crippen molar-refractivity contribution in [1.29, 1.82) is 0 Å². The molecule has 0 amide bonds. The monoisotopic (exact) mass is 413 g/mol. The molecule has 112 valence electrons. The summed E-state index contributed by atoms with van der Waals surface area (Å²) in [7, 11) is 0. The SMILES string of the molecule is O=c1c2cncc(I)c2cc2n1CCc1c-2[nH]c2ccccc12. The number of nitrogens with one attached hydrogen (secondary N) is 1. The molecule has 4 nitrogen and oxygen atoms in total. The van der Waals surface area contributed by atoms with Crippen LogP contribution in [0.4, 0.5) is 0 Å². The van der Waals surface area contributed by atoms with Crippen LogP contribution in [0, 0.1) is 3.57 Å². The Labute approximate surface area is 145 Å². The van der Waals surface area contributed by atoms with Crippen LogP contribution in [0.25, 0.3) is 33.1 Å². The molecule has 23 heavy (non-hydrogen) atoms. The number of para-hydroxylation sites is 1. The van der Waals surface area contributed by atoms with Crippen LogP contribution < -0.4 is 5.56 Å². The van der Waals surface area contributed by atoms with E-state index in [0.717, 1.165) is 32.3 Å².